The van der Waals surface area contributed by atoms with Gasteiger partial charge >= 0.3 is 0 Å². The molecule has 1 aliphatic rings. The number of anilines is 1. The Morgan fingerprint density at radius 2 is 2.18 bits per heavy atom. The molecule has 88 valence electrons. The van der Waals surface area contributed by atoms with E-state index in [1.165, 1.54) is 0 Å². The number of hydrogen-bond donors (Lipinski definition) is 0. The lowest BCUT2D eigenvalue weighted by Gasteiger charge is -2.29. The fraction of sp³-hybridized carbons (Fsp3) is 0.273. The van der Waals surface area contributed by atoms with Gasteiger partial charge in [-0.1, -0.05) is 11.6 Å². The van der Waals surface area contributed by atoms with Gasteiger partial charge in [0.2, 0.25) is 0 Å². The molecule has 0 aliphatic carbocycles. The van der Waals surface area contributed by atoms with Crippen molar-refractivity contribution in [2.45, 2.75) is 13.1 Å². The van der Waals surface area contributed by atoms with Crippen LogP contribution in [0.1, 0.15) is 5.82 Å². The number of imidazole rings is 1. The Morgan fingerprint density at radius 3 is 3.00 bits per heavy atom. The summed E-state index contributed by atoms with van der Waals surface area (Å²) >= 11 is 9.56. The summed E-state index contributed by atoms with van der Waals surface area (Å²) in [5, 5.41) is 0.666. The van der Waals surface area contributed by atoms with Crippen LogP contribution in [-0.2, 0) is 13.1 Å². The topological polar surface area (TPSA) is 34.0 Å². The molecular formula is C11H10BrClN4. The molecule has 1 aliphatic heterocycles. The van der Waals surface area contributed by atoms with Gasteiger partial charge in [0.1, 0.15) is 11.6 Å². The molecule has 17 heavy (non-hydrogen) atoms. The highest BCUT2D eigenvalue weighted by Crippen LogP contribution is 2.28. The van der Waals surface area contributed by atoms with Gasteiger partial charge in [-0.2, -0.15) is 0 Å². The lowest BCUT2D eigenvalue weighted by Crippen LogP contribution is -2.34. The van der Waals surface area contributed by atoms with Crippen LogP contribution in [-0.4, -0.2) is 21.1 Å². The normalized spacial score (nSPS) is 14.8. The number of hydrogen-bond acceptors (Lipinski definition) is 3. The van der Waals surface area contributed by atoms with E-state index in [0.717, 1.165) is 35.7 Å². The van der Waals surface area contributed by atoms with Crippen molar-refractivity contribution >= 4 is 33.3 Å². The van der Waals surface area contributed by atoms with Gasteiger partial charge in [0.25, 0.3) is 0 Å². The first-order valence-electron chi connectivity index (χ1n) is 5.30. The highest BCUT2D eigenvalue weighted by Gasteiger charge is 2.19. The van der Waals surface area contributed by atoms with E-state index in [4.69, 9.17) is 11.6 Å². The van der Waals surface area contributed by atoms with Crippen LogP contribution in [0.2, 0.25) is 5.02 Å². The summed E-state index contributed by atoms with van der Waals surface area (Å²) in [4.78, 5) is 10.8. The van der Waals surface area contributed by atoms with Crippen molar-refractivity contribution in [1.82, 2.24) is 14.5 Å². The van der Waals surface area contributed by atoms with E-state index in [-0.39, 0.29) is 0 Å². The lowest BCUT2D eigenvalue weighted by molar-refractivity contribution is 0.556. The van der Waals surface area contributed by atoms with E-state index >= 15 is 0 Å². The first kappa shape index (κ1) is 11.0. The zero-order chi connectivity index (χ0) is 11.8. The second kappa shape index (κ2) is 4.31. The fourth-order valence-electron chi connectivity index (χ4n) is 1.99. The second-order valence-corrected chi connectivity index (χ2v) is 5.24. The molecule has 0 bridgehead atoms. The van der Waals surface area contributed by atoms with E-state index in [1.54, 1.807) is 6.20 Å². The summed E-state index contributed by atoms with van der Waals surface area (Å²) in [6.07, 6.45) is 5.60. The van der Waals surface area contributed by atoms with Crippen LogP contribution >= 0.6 is 27.5 Å². The molecule has 0 saturated carbocycles. The van der Waals surface area contributed by atoms with Gasteiger partial charge in [-0.3, -0.25) is 0 Å². The zero-order valence-electron chi connectivity index (χ0n) is 8.98. The minimum Gasteiger partial charge on any atom is -0.346 e. The Morgan fingerprint density at radius 1 is 1.29 bits per heavy atom. The molecule has 0 N–H and O–H groups in total. The molecule has 0 aromatic carbocycles. The Bertz CT molecular complexity index is 554. The molecular weight excluding hydrogens is 304 g/mol. The molecule has 0 radical (unpaired) electrons. The second-order valence-electron chi connectivity index (χ2n) is 3.92. The maximum Gasteiger partial charge on any atom is 0.147 e. The van der Waals surface area contributed by atoms with Crippen molar-refractivity contribution in [3.63, 3.8) is 0 Å². The predicted octanol–water partition coefficient (Wildman–Crippen LogP) is 2.71. The number of fused-ring (bicyclic) bond motifs is 1. The van der Waals surface area contributed by atoms with Gasteiger partial charge in [0.15, 0.2) is 0 Å². The molecule has 3 rings (SSSR count). The average molecular weight is 314 g/mol. The van der Waals surface area contributed by atoms with Gasteiger partial charge in [-0.05, 0) is 22.0 Å². The number of halogens is 2. The molecule has 0 spiro atoms. The van der Waals surface area contributed by atoms with Crippen LogP contribution in [0.25, 0.3) is 0 Å². The van der Waals surface area contributed by atoms with Gasteiger partial charge in [-0.15, -0.1) is 0 Å². The average Bonchev–Trinajstić information content (AvgIpc) is 2.75. The van der Waals surface area contributed by atoms with Crippen LogP contribution in [0.4, 0.5) is 5.82 Å². The largest absolute Gasteiger partial charge is 0.346 e. The molecule has 4 nitrogen and oxygen atoms in total. The number of pyridine rings is 1. The Labute approximate surface area is 112 Å². The van der Waals surface area contributed by atoms with Crippen molar-refractivity contribution in [3.05, 3.63) is 40.0 Å². The Hall–Kier alpha value is -1.07. The molecule has 3 heterocycles. The van der Waals surface area contributed by atoms with E-state index < -0.39 is 0 Å². The van der Waals surface area contributed by atoms with Crippen molar-refractivity contribution in [1.29, 1.82) is 0 Å². The van der Waals surface area contributed by atoms with Crippen LogP contribution in [0.5, 0.6) is 0 Å². The Kier molecular flexibility index (Phi) is 2.80. The van der Waals surface area contributed by atoms with Crippen molar-refractivity contribution < 1.29 is 0 Å². The molecule has 0 atom stereocenters. The molecule has 2 aromatic rings. The summed E-state index contributed by atoms with van der Waals surface area (Å²) in [6, 6.07) is 1.87. The monoisotopic (exact) mass is 312 g/mol. The predicted molar refractivity (Wildman–Crippen MR) is 70.2 cm³/mol. The summed E-state index contributed by atoms with van der Waals surface area (Å²) in [7, 11) is 0. The van der Waals surface area contributed by atoms with Crippen molar-refractivity contribution in [2.75, 3.05) is 11.4 Å². The van der Waals surface area contributed by atoms with Crippen molar-refractivity contribution in [3.8, 4) is 0 Å². The van der Waals surface area contributed by atoms with Gasteiger partial charge in [0, 0.05) is 36.2 Å². The first-order chi connectivity index (χ1) is 8.24. The standard InChI is InChI=1S/C11H10BrClN4/c12-8-5-9(13)11(15-6-8)17-4-3-16-2-1-14-10(16)7-17/h1-2,5-6H,3-4,7H2. The molecule has 0 unspecified atom stereocenters. The molecule has 6 heteroatoms. The molecule has 2 aromatic heterocycles. The first-order valence-corrected chi connectivity index (χ1v) is 6.47. The van der Waals surface area contributed by atoms with Crippen LogP contribution in [0.3, 0.4) is 0 Å². The van der Waals surface area contributed by atoms with E-state index in [9.17, 15) is 0 Å². The third-order valence-corrected chi connectivity index (χ3v) is 3.54. The highest BCUT2D eigenvalue weighted by molar-refractivity contribution is 9.10. The SMILES string of the molecule is Clc1cc(Br)cnc1N1CCn2ccnc2C1. The smallest absolute Gasteiger partial charge is 0.147 e. The van der Waals surface area contributed by atoms with Crippen LogP contribution in [0, 0.1) is 0 Å². The number of rotatable bonds is 1. The van der Waals surface area contributed by atoms with Crippen LogP contribution < -0.4 is 4.90 Å². The minimum atomic E-state index is 0.666. The zero-order valence-corrected chi connectivity index (χ0v) is 11.3. The van der Waals surface area contributed by atoms with Gasteiger partial charge in [0.05, 0.1) is 11.6 Å². The summed E-state index contributed by atoms with van der Waals surface area (Å²) in [6.45, 7) is 2.57. The maximum absolute atomic E-state index is 6.20. The van der Waals surface area contributed by atoms with Crippen molar-refractivity contribution in [2.24, 2.45) is 0 Å². The van der Waals surface area contributed by atoms with E-state index in [2.05, 4.69) is 35.4 Å². The van der Waals surface area contributed by atoms with Gasteiger partial charge in [-0.25, -0.2) is 9.97 Å². The number of nitrogens with zero attached hydrogens (tertiary/aromatic N) is 4. The summed E-state index contributed by atoms with van der Waals surface area (Å²) < 4.78 is 3.05. The van der Waals surface area contributed by atoms with Crippen LogP contribution in [0.15, 0.2) is 29.1 Å². The van der Waals surface area contributed by atoms with Gasteiger partial charge < -0.3 is 9.47 Å². The third-order valence-electron chi connectivity index (χ3n) is 2.83. The third kappa shape index (κ3) is 2.05. The number of aromatic nitrogens is 3. The fourth-order valence-corrected chi connectivity index (χ4v) is 2.74. The lowest BCUT2D eigenvalue weighted by atomic mass is 10.3. The molecule has 0 amide bonds. The molecule has 0 saturated heterocycles. The summed E-state index contributed by atoms with van der Waals surface area (Å²) in [5.74, 6) is 1.88. The molecule has 0 fully saturated rings. The highest BCUT2D eigenvalue weighted by atomic mass is 79.9. The maximum atomic E-state index is 6.20. The quantitative estimate of drug-likeness (QED) is 0.812. The van der Waals surface area contributed by atoms with E-state index in [0.29, 0.717) is 5.02 Å². The Balaban J connectivity index is 1.91. The van der Waals surface area contributed by atoms with E-state index in [1.807, 2.05) is 18.5 Å². The summed E-state index contributed by atoms with van der Waals surface area (Å²) in [5.41, 5.74) is 0. The minimum absolute atomic E-state index is 0.666.